The molecular formula is C12H10FNOS. The quantitative estimate of drug-likeness (QED) is 0.765. The van der Waals surface area contributed by atoms with Crippen LogP contribution in [0, 0.1) is 12.7 Å². The third kappa shape index (κ3) is 2.33. The lowest BCUT2D eigenvalue weighted by Gasteiger charge is -2.00. The first-order chi connectivity index (χ1) is 7.66. The van der Waals surface area contributed by atoms with Gasteiger partial charge in [-0.1, -0.05) is 18.2 Å². The summed E-state index contributed by atoms with van der Waals surface area (Å²) < 4.78 is 13.3. The molecule has 0 N–H and O–H groups in total. The van der Waals surface area contributed by atoms with E-state index in [-0.39, 0.29) is 18.0 Å². The number of rotatable bonds is 3. The lowest BCUT2D eigenvalue weighted by molar-refractivity contribution is 0.0987. The average Bonchev–Trinajstić information content (AvgIpc) is 2.68. The molecule has 1 heterocycles. The molecule has 1 aromatic carbocycles. The minimum atomic E-state index is -0.345. The first kappa shape index (κ1) is 11.0. The Hall–Kier alpha value is -1.55. The standard InChI is InChI=1S/C12H10FNOS/c1-8-14-11(7-16-8)12(15)6-9-4-2-3-5-10(9)13/h2-5,7H,6H2,1H3. The zero-order valence-corrected chi connectivity index (χ0v) is 9.55. The summed E-state index contributed by atoms with van der Waals surface area (Å²) in [5.41, 5.74) is 0.837. The van der Waals surface area contributed by atoms with Crippen molar-refractivity contribution in [2.24, 2.45) is 0 Å². The van der Waals surface area contributed by atoms with Gasteiger partial charge in [0.25, 0.3) is 0 Å². The first-order valence-corrected chi connectivity index (χ1v) is 5.73. The summed E-state index contributed by atoms with van der Waals surface area (Å²) in [6, 6.07) is 6.30. The van der Waals surface area contributed by atoms with Crippen molar-refractivity contribution in [3.63, 3.8) is 0 Å². The van der Waals surface area contributed by atoms with Crippen molar-refractivity contribution >= 4 is 17.1 Å². The molecule has 0 spiro atoms. The molecule has 0 saturated heterocycles. The fraction of sp³-hybridized carbons (Fsp3) is 0.167. The van der Waals surface area contributed by atoms with Gasteiger partial charge in [0, 0.05) is 11.8 Å². The highest BCUT2D eigenvalue weighted by molar-refractivity contribution is 7.09. The molecule has 1 aromatic heterocycles. The normalized spacial score (nSPS) is 10.4. The highest BCUT2D eigenvalue weighted by Gasteiger charge is 2.12. The molecule has 0 aliphatic carbocycles. The fourth-order valence-corrected chi connectivity index (χ4v) is 2.01. The maximum absolute atomic E-state index is 13.3. The van der Waals surface area contributed by atoms with E-state index in [1.54, 1.807) is 23.6 Å². The Morgan fingerprint density at radius 3 is 2.81 bits per heavy atom. The van der Waals surface area contributed by atoms with Gasteiger partial charge in [0.15, 0.2) is 5.78 Å². The maximum Gasteiger partial charge on any atom is 0.186 e. The maximum atomic E-state index is 13.3. The molecule has 0 amide bonds. The molecule has 0 atom stereocenters. The molecule has 2 rings (SSSR count). The summed E-state index contributed by atoms with van der Waals surface area (Å²) >= 11 is 1.42. The van der Waals surface area contributed by atoms with Gasteiger partial charge in [-0.3, -0.25) is 4.79 Å². The lowest BCUT2D eigenvalue weighted by atomic mass is 10.1. The van der Waals surface area contributed by atoms with Gasteiger partial charge in [-0.2, -0.15) is 0 Å². The number of carbonyl (C=O) groups is 1. The molecule has 2 nitrogen and oxygen atoms in total. The average molecular weight is 235 g/mol. The molecule has 82 valence electrons. The Morgan fingerprint density at radius 2 is 2.19 bits per heavy atom. The molecular weight excluding hydrogens is 225 g/mol. The summed E-state index contributed by atoms with van der Waals surface area (Å²) in [7, 11) is 0. The molecule has 0 fully saturated rings. The number of thiazole rings is 1. The third-order valence-electron chi connectivity index (χ3n) is 2.21. The van der Waals surface area contributed by atoms with Crippen LogP contribution < -0.4 is 0 Å². The number of carbonyl (C=O) groups excluding carboxylic acids is 1. The summed E-state index contributed by atoms with van der Waals surface area (Å²) in [6.07, 6.45) is 0.0653. The number of Topliss-reactive ketones (excluding diaryl/α,β-unsaturated/α-hetero) is 1. The van der Waals surface area contributed by atoms with E-state index < -0.39 is 0 Å². The molecule has 0 bridgehead atoms. The molecule has 0 aliphatic rings. The van der Waals surface area contributed by atoms with Crippen molar-refractivity contribution in [3.05, 3.63) is 51.7 Å². The zero-order chi connectivity index (χ0) is 11.5. The molecule has 4 heteroatoms. The van der Waals surface area contributed by atoms with Crippen LogP contribution in [0.1, 0.15) is 21.1 Å². The van der Waals surface area contributed by atoms with Gasteiger partial charge in [-0.25, -0.2) is 9.37 Å². The second-order valence-electron chi connectivity index (χ2n) is 3.44. The van der Waals surface area contributed by atoms with Gasteiger partial charge in [0.05, 0.1) is 5.01 Å². The van der Waals surface area contributed by atoms with Crippen molar-refractivity contribution in [1.82, 2.24) is 4.98 Å². The van der Waals surface area contributed by atoms with E-state index in [4.69, 9.17) is 0 Å². The molecule has 16 heavy (non-hydrogen) atoms. The van der Waals surface area contributed by atoms with Crippen LogP contribution in [0.5, 0.6) is 0 Å². The minimum absolute atomic E-state index is 0.0653. The van der Waals surface area contributed by atoms with E-state index in [0.29, 0.717) is 11.3 Å². The van der Waals surface area contributed by atoms with E-state index in [2.05, 4.69) is 4.98 Å². The minimum Gasteiger partial charge on any atom is -0.292 e. The number of ketones is 1. The number of hydrogen-bond donors (Lipinski definition) is 0. The van der Waals surface area contributed by atoms with Crippen LogP contribution >= 0.6 is 11.3 Å². The Morgan fingerprint density at radius 1 is 1.44 bits per heavy atom. The van der Waals surface area contributed by atoms with Crippen LogP contribution in [0.25, 0.3) is 0 Å². The van der Waals surface area contributed by atoms with Crippen molar-refractivity contribution in [1.29, 1.82) is 0 Å². The summed E-state index contributed by atoms with van der Waals surface area (Å²) in [6.45, 7) is 1.84. The second kappa shape index (κ2) is 4.53. The first-order valence-electron chi connectivity index (χ1n) is 4.85. The number of nitrogens with zero attached hydrogens (tertiary/aromatic N) is 1. The van der Waals surface area contributed by atoms with Crippen LogP contribution in [-0.4, -0.2) is 10.8 Å². The van der Waals surface area contributed by atoms with E-state index in [0.717, 1.165) is 5.01 Å². The van der Waals surface area contributed by atoms with Gasteiger partial charge in [-0.15, -0.1) is 11.3 Å². The van der Waals surface area contributed by atoms with E-state index in [9.17, 15) is 9.18 Å². The van der Waals surface area contributed by atoms with Gasteiger partial charge in [0.1, 0.15) is 11.5 Å². The van der Waals surface area contributed by atoms with Crippen LogP contribution in [-0.2, 0) is 6.42 Å². The predicted octanol–water partition coefficient (Wildman–Crippen LogP) is 3.02. The van der Waals surface area contributed by atoms with Gasteiger partial charge < -0.3 is 0 Å². The largest absolute Gasteiger partial charge is 0.292 e. The summed E-state index contributed by atoms with van der Waals surface area (Å²) in [5.74, 6) is -0.489. The van der Waals surface area contributed by atoms with Crippen molar-refractivity contribution in [2.75, 3.05) is 0 Å². The van der Waals surface area contributed by atoms with E-state index in [1.807, 2.05) is 6.92 Å². The summed E-state index contributed by atoms with van der Waals surface area (Å²) in [4.78, 5) is 15.8. The highest BCUT2D eigenvalue weighted by Crippen LogP contribution is 2.13. The predicted molar refractivity (Wildman–Crippen MR) is 61.3 cm³/mol. The van der Waals surface area contributed by atoms with Crippen LogP contribution in [0.15, 0.2) is 29.6 Å². The molecule has 0 saturated carbocycles. The Labute approximate surface area is 96.8 Å². The molecule has 0 radical (unpaired) electrons. The smallest absolute Gasteiger partial charge is 0.186 e. The number of aromatic nitrogens is 1. The summed E-state index contributed by atoms with van der Waals surface area (Å²) in [5, 5.41) is 2.55. The van der Waals surface area contributed by atoms with Gasteiger partial charge in [-0.05, 0) is 18.6 Å². The second-order valence-corrected chi connectivity index (χ2v) is 4.51. The number of hydrogen-bond acceptors (Lipinski definition) is 3. The molecule has 0 unspecified atom stereocenters. The SMILES string of the molecule is Cc1nc(C(=O)Cc2ccccc2F)cs1. The van der Waals surface area contributed by atoms with Crippen molar-refractivity contribution < 1.29 is 9.18 Å². The Kier molecular flexibility index (Phi) is 3.10. The number of benzene rings is 1. The van der Waals surface area contributed by atoms with Gasteiger partial charge >= 0.3 is 0 Å². The lowest BCUT2D eigenvalue weighted by Crippen LogP contribution is -2.05. The van der Waals surface area contributed by atoms with Gasteiger partial charge in [0.2, 0.25) is 0 Å². The third-order valence-corrected chi connectivity index (χ3v) is 2.99. The van der Waals surface area contributed by atoms with Crippen LogP contribution in [0.4, 0.5) is 4.39 Å². The highest BCUT2D eigenvalue weighted by atomic mass is 32.1. The number of aryl methyl sites for hydroxylation is 1. The Balaban J connectivity index is 2.17. The molecule has 0 aliphatic heterocycles. The monoisotopic (exact) mass is 235 g/mol. The molecule has 2 aromatic rings. The van der Waals surface area contributed by atoms with E-state index in [1.165, 1.54) is 17.4 Å². The van der Waals surface area contributed by atoms with Crippen molar-refractivity contribution in [2.45, 2.75) is 13.3 Å². The number of halogens is 1. The van der Waals surface area contributed by atoms with Crippen LogP contribution in [0.2, 0.25) is 0 Å². The van der Waals surface area contributed by atoms with Crippen LogP contribution in [0.3, 0.4) is 0 Å². The fourth-order valence-electron chi connectivity index (χ4n) is 1.40. The topological polar surface area (TPSA) is 30.0 Å². The Bertz CT molecular complexity index is 521. The van der Waals surface area contributed by atoms with E-state index >= 15 is 0 Å². The van der Waals surface area contributed by atoms with Crippen molar-refractivity contribution in [3.8, 4) is 0 Å². The zero-order valence-electron chi connectivity index (χ0n) is 8.74.